The molecular weight excluding hydrogens is 402 g/mol. The molecule has 1 amide bonds. The van der Waals surface area contributed by atoms with Crippen LogP contribution in [0.4, 0.5) is 4.79 Å². The number of para-hydroxylation sites is 1. The number of nitrogens with one attached hydrogen (secondary N) is 1. The summed E-state index contributed by atoms with van der Waals surface area (Å²) in [6.07, 6.45) is 2.52. The number of nitrogens with zero attached hydrogens (tertiary/aromatic N) is 2. The summed E-state index contributed by atoms with van der Waals surface area (Å²) in [5.41, 5.74) is -0.0861. The van der Waals surface area contributed by atoms with Crippen molar-refractivity contribution < 1.29 is 19.1 Å². The number of hydrogen-bond donors (Lipinski definition) is 1. The van der Waals surface area contributed by atoms with Gasteiger partial charge in [-0.25, -0.2) is 19.6 Å². The van der Waals surface area contributed by atoms with Crippen LogP contribution in [0.2, 0.25) is 0 Å². The maximum atomic E-state index is 12.3. The Bertz CT molecular complexity index is 788. The molecule has 1 atom stereocenters. The number of ether oxygens (including phenoxy) is 2. The van der Waals surface area contributed by atoms with Crippen LogP contribution < -0.4 is 10.1 Å². The zero-order chi connectivity index (χ0) is 19.3. The molecule has 2 rings (SSSR count). The minimum absolute atomic E-state index is 0.303. The van der Waals surface area contributed by atoms with Gasteiger partial charge in [0, 0.05) is 12.4 Å². The van der Waals surface area contributed by atoms with E-state index >= 15 is 0 Å². The van der Waals surface area contributed by atoms with Gasteiger partial charge in [0.2, 0.25) is 0 Å². The van der Waals surface area contributed by atoms with Crippen molar-refractivity contribution in [3.63, 3.8) is 0 Å². The number of halogens is 1. The monoisotopic (exact) mass is 421 g/mol. The number of aromatic nitrogens is 2. The van der Waals surface area contributed by atoms with Gasteiger partial charge in [-0.1, -0.05) is 12.1 Å². The van der Waals surface area contributed by atoms with Gasteiger partial charge in [0.05, 0.1) is 10.0 Å². The summed E-state index contributed by atoms with van der Waals surface area (Å²) < 4.78 is 11.3. The molecule has 0 spiro atoms. The van der Waals surface area contributed by atoms with Crippen molar-refractivity contribution >= 4 is 28.0 Å². The van der Waals surface area contributed by atoms with Crippen molar-refractivity contribution in [3.05, 3.63) is 41.1 Å². The fourth-order valence-corrected chi connectivity index (χ4v) is 2.14. The largest absolute Gasteiger partial charge is 0.444 e. The topological polar surface area (TPSA) is 90.4 Å². The first-order valence-corrected chi connectivity index (χ1v) is 8.73. The second-order valence-corrected chi connectivity index (χ2v) is 7.43. The van der Waals surface area contributed by atoms with E-state index in [1.807, 2.05) is 0 Å². The predicted octanol–water partition coefficient (Wildman–Crippen LogP) is 3.72. The van der Waals surface area contributed by atoms with E-state index in [9.17, 15) is 9.59 Å². The average molecular weight is 422 g/mol. The zero-order valence-corrected chi connectivity index (χ0v) is 16.5. The Balaban J connectivity index is 2.09. The smallest absolute Gasteiger partial charge is 0.408 e. The highest BCUT2D eigenvalue weighted by Gasteiger charge is 2.23. The third kappa shape index (κ3) is 5.80. The maximum absolute atomic E-state index is 12.3. The number of esters is 1. The van der Waals surface area contributed by atoms with Crippen molar-refractivity contribution in [1.29, 1.82) is 0 Å². The van der Waals surface area contributed by atoms with Crippen molar-refractivity contribution in [2.75, 3.05) is 0 Å². The van der Waals surface area contributed by atoms with E-state index in [1.54, 1.807) is 57.4 Å². The number of carbonyl (C=O) groups is 2. The standard InChI is InChI=1S/C18H20BrN3O4/c1-11(22-17(24)26-18(2,3)4)16(23)25-14-8-6-5-7-13(14)15-20-9-12(19)10-21-15/h5-11H,1-4H3,(H,22,24)/t11-/m0/s1. The third-order valence-corrected chi connectivity index (χ3v) is 3.46. The van der Waals surface area contributed by atoms with Gasteiger partial charge >= 0.3 is 12.1 Å². The van der Waals surface area contributed by atoms with Crippen LogP contribution in [0.25, 0.3) is 11.4 Å². The molecule has 1 aromatic heterocycles. The quantitative estimate of drug-likeness (QED) is 0.597. The Morgan fingerprint density at radius 1 is 1.15 bits per heavy atom. The van der Waals surface area contributed by atoms with Gasteiger partial charge in [0.15, 0.2) is 5.82 Å². The van der Waals surface area contributed by atoms with Gasteiger partial charge in [0.25, 0.3) is 0 Å². The summed E-state index contributed by atoms with van der Waals surface area (Å²) in [5.74, 6) is 0.0995. The second kappa shape index (κ2) is 8.27. The van der Waals surface area contributed by atoms with Crippen LogP contribution in [-0.2, 0) is 9.53 Å². The number of carbonyl (C=O) groups excluding carboxylic acids is 2. The molecular formula is C18H20BrN3O4. The number of rotatable bonds is 4. The molecule has 0 radical (unpaired) electrons. The van der Waals surface area contributed by atoms with Crippen molar-refractivity contribution in [1.82, 2.24) is 15.3 Å². The van der Waals surface area contributed by atoms with Gasteiger partial charge in [-0.3, -0.25) is 0 Å². The molecule has 1 heterocycles. The lowest BCUT2D eigenvalue weighted by Gasteiger charge is -2.21. The van der Waals surface area contributed by atoms with Gasteiger partial charge < -0.3 is 14.8 Å². The lowest BCUT2D eigenvalue weighted by Crippen LogP contribution is -2.43. The molecule has 0 aliphatic carbocycles. The summed E-state index contributed by atoms with van der Waals surface area (Å²) in [6.45, 7) is 6.74. The molecule has 0 aliphatic rings. The van der Waals surface area contributed by atoms with E-state index in [1.165, 1.54) is 6.92 Å². The van der Waals surface area contributed by atoms with Crippen molar-refractivity contribution in [3.8, 4) is 17.1 Å². The highest BCUT2D eigenvalue weighted by Crippen LogP contribution is 2.27. The third-order valence-electron chi connectivity index (χ3n) is 3.05. The molecule has 0 bridgehead atoms. The first-order valence-electron chi connectivity index (χ1n) is 7.94. The van der Waals surface area contributed by atoms with Crippen LogP contribution >= 0.6 is 15.9 Å². The molecule has 7 nitrogen and oxygen atoms in total. The van der Waals surface area contributed by atoms with Gasteiger partial charge in [0.1, 0.15) is 17.4 Å². The van der Waals surface area contributed by atoms with Crippen LogP contribution in [0.15, 0.2) is 41.1 Å². The molecule has 1 N–H and O–H groups in total. The number of benzene rings is 1. The van der Waals surface area contributed by atoms with Crippen LogP contribution in [0.5, 0.6) is 5.75 Å². The van der Waals surface area contributed by atoms with Gasteiger partial charge in [-0.2, -0.15) is 0 Å². The van der Waals surface area contributed by atoms with Crippen LogP contribution in [-0.4, -0.2) is 33.7 Å². The second-order valence-electron chi connectivity index (χ2n) is 6.51. The van der Waals surface area contributed by atoms with E-state index in [4.69, 9.17) is 9.47 Å². The van der Waals surface area contributed by atoms with Crippen LogP contribution in [0.3, 0.4) is 0 Å². The first kappa shape index (κ1) is 19.8. The summed E-state index contributed by atoms with van der Waals surface area (Å²) in [7, 11) is 0. The Labute approximate surface area is 160 Å². The number of amides is 1. The van der Waals surface area contributed by atoms with E-state index < -0.39 is 23.7 Å². The van der Waals surface area contributed by atoms with Crippen LogP contribution in [0.1, 0.15) is 27.7 Å². The SMILES string of the molecule is C[C@H](NC(=O)OC(C)(C)C)C(=O)Oc1ccccc1-c1ncc(Br)cn1. The van der Waals surface area contributed by atoms with Gasteiger partial charge in [-0.15, -0.1) is 0 Å². The summed E-state index contributed by atoms with van der Waals surface area (Å²) in [6, 6.07) is 6.03. The minimum atomic E-state index is -0.885. The summed E-state index contributed by atoms with van der Waals surface area (Å²) in [5, 5.41) is 2.45. The number of alkyl carbamates (subject to hydrolysis) is 1. The van der Waals surface area contributed by atoms with Gasteiger partial charge in [-0.05, 0) is 55.8 Å². The summed E-state index contributed by atoms with van der Waals surface area (Å²) in [4.78, 5) is 32.5. The highest BCUT2D eigenvalue weighted by atomic mass is 79.9. The first-order chi connectivity index (χ1) is 12.2. The molecule has 0 saturated heterocycles. The Hall–Kier alpha value is -2.48. The van der Waals surface area contributed by atoms with E-state index in [2.05, 4.69) is 31.2 Å². The predicted molar refractivity (Wildman–Crippen MR) is 99.6 cm³/mol. The Kier molecular flexibility index (Phi) is 6.31. The van der Waals surface area contributed by atoms with E-state index in [0.717, 1.165) is 4.47 Å². The van der Waals surface area contributed by atoms with E-state index in [-0.39, 0.29) is 0 Å². The fraction of sp³-hybridized carbons (Fsp3) is 0.333. The normalized spacial score (nSPS) is 12.2. The molecule has 8 heteroatoms. The fourth-order valence-electron chi connectivity index (χ4n) is 1.93. The zero-order valence-electron chi connectivity index (χ0n) is 14.9. The lowest BCUT2D eigenvalue weighted by atomic mass is 10.2. The van der Waals surface area contributed by atoms with E-state index in [0.29, 0.717) is 17.1 Å². The van der Waals surface area contributed by atoms with Crippen LogP contribution in [0, 0.1) is 0 Å². The molecule has 2 aromatic rings. The van der Waals surface area contributed by atoms with Crippen molar-refractivity contribution in [2.45, 2.75) is 39.3 Å². The lowest BCUT2D eigenvalue weighted by molar-refractivity contribution is -0.136. The molecule has 26 heavy (non-hydrogen) atoms. The molecule has 1 aromatic carbocycles. The molecule has 0 unspecified atom stereocenters. The Morgan fingerprint density at radius 3 is 2.38 bits per heavy atom. The molecule has 0 aliphatic heterocycles. The molecule has 0 fully saturated rings. The van der Waals surface area contributed by atoms with Crippen molar-refractivity contribution in [2.24, 2.45) is 0 Å². The highest BCUT2D eigenvalue weighted by molar-refractivity contribution is 9.10. The number of hydrogen-bond acceptors (Lipinski definition) is 6. The molecule has 138 valence electrons. The maximum Gasteiger partial charge on any atom is 0.408 e. The summed E-state index contributed by atoms with van der Waals surface area (Å²) >= 11 is 3.28. The minimum Gasteiger partial charge on any atom is -0.444 e. The molecule has 0 saturated carbocycles. The Morgan fingerprint density at radius 2 is 1.77 bits per heavy atom. The average Bonchev–Trinajstić information content (AvgIpc) is 2.54.